The first-order chi connectivity index (χ1) is 15.5. The van der Waals surface area contributed by atoms with Gasteiger partial charge in [0.05, 0.1) is 17.4 Å². The number of hydrogen-bond acceptors (Lipinski definition) is 3. The summed E-state index contributed by atoms with van der Waals surface area (Å²) in [6.07, 6.45) is 7.35. The second kappa shape index (κ2) is 8.28. The Morgan fingerprint density at radius 3 is 2.53 bits per heavy atom. The highest BCUT2D eigenvalue weighted by Crippen LogP contribution is 2.43. The molecule has 0 aliphatic carbocycles. The predicted octanol–water partition coefficient (Wildman–Crippen LogP) is 5.31. The standard InChI is InChI=1S/C25H24ClN5O/c1-16-14-18(6-11-29-16)24-23(17-8-12-30(13-9-17)25(27)32)21-7-10-28-15-22(21)31(24)20-4-2-19(26)3-5-20/h2-7,10-11,14-15,17H,8-9,12-13H2,1H3,(H2,27,32). The monoisotopic (exact) mass is 445 g/mol. The van der Waals surface area contributed by atoms with E-state index in [4.69, 9.17) is 17.3 Å². The highest BCUT2D eigenvalue weighted by Gasteiger charge is 2.29. The van der Waals surface area contributed by atoms with Gasteiger partial charge in [0.2, 0.25) is 0 Å². The Hall–Kier alpha value is -3.38. The van der Waals surface area contributed by atoms with Crippen LogP contribution in [0.5, 0.6) is 0 Å². The molecule has 1 saturated heterocycles. The van der Waals surface area contributed by atoms with E-state index in [1.165, 1.54) is 10.9 Å². The number of nitrogens with zero attached hydrogens (tertiary/aromatic N) is 4. The third-order valence-electron chi connectivity index (χ3n) is 6.28. The van der Waals surface area contributed by atoms with Crippen LogP contribution in [0.3, 0.4) is 0 Å². The molecule has 7 heteroatoms. The molecule has 0 spiro atoms. The molecule has 0 bridgehead atoms. The average molecular weight is 446 g/mol. The molecule has 0 saturated carbocycles. The number of primary amides is 1. The third-order valence-corrected chi connectivity index (χ3v) is 6.53. The summed E-state index contributed by atoms with van der Waals surface area (Å²) in [4.78, 5) is 22.2. The molecule has 0 unspecified atom stereocenters. The van der Waals surface area contributed by atoms with Gasteiger partial charge in [-0.15, -0.1) is 0 Å². The van der Waals surface area contributed by atoms with E-state index in [9.17, 15) is 4.79 Å². The number of benzene rings is 1. The van der Waals surface area contributed by atoms with E-state index < -0.39 is 0 Å². The maximum Gasteiger partial charge on any atom is 0.314 e. The fourth-order valence-electron chi connectivity index (χ4n) is 4.80. The first kappa shape index (κ1) is 20.5. The van der Waals surface area contributed by atoms with Crippen molar-refractivity contribution < 1.29 is 4.79 Å². The largest absolute Gasteiger partial charge is 0.351 e. The summed E-state index contributed by atoms with van der Waals surface area (Å²) in [5.41, 5.74) is 12.1. The van der Waals surface area contributed by atoms with Gasteiger partial charge in [0.15, 0.2) is 0 Å². The number of fused-ring (bicyclic) bond motifs is 1. The van der Waals surface area contributed by atoms with Crippen molar-refractivity contribution in [3.8, 4) is 16.9 Å². The van der Waals surface area contributed by atoms with Gasteiger partial charge in [-0.3, -0.25) is 9.97 Å². The first-order valence-electron chi connectivity index (χ1n) is 10.7. The van der Waals surface area contributed by atoms with Gasteiger partial charge in [0, 0.05) is 52.8 Å². The number of likely N-dealkylation sites (tertiary alicyclic amines) is 1. The molecular weight excluding hydrogens is 422 g/mol. The molecule has 2 amide bonds. The number of carbonyl (C=O) groups is 1. The Kier molecular flexibility index (Phi) is 5.31. The maximum absolute atomic E-state index is 11.7. The number of hydrogen-bond donors (Lipinski definition) is 1. The molecule has 32 heavy (non-hydrogen) atoms. The molecular formula is C25H24ClN5O. The van der Waals surface area contributed by atoms with Crippen LogP contribution in [0.1, 0.15) is 30.0 Å². The molecule has 0 radical (unpaired) electrons. The van der Waals surface area contributed by atoms with Gasteiger partial charge >= 0.3 is 6.03 Å². The molecule has 1 aromatic carbocycles. The van der Waals surface area contributed by atoms with Crippen LogP contribution in [0, 0.1) is 6.92 Å². The van der Waals surface area contributed by atoms with Crippen LogP contribution >= 0.6 is 11.6 Å². The van der Waals surface area contributed by atoms with E-state index in [1.807, 2.05) is 49.8 Å². The van der Waals surface area contributed by atoms with E-state index in [1.54, 1.807) is 4.90 Å². The van der Waals surface area contributed by atoms with E-state index in [-0.39, 0.29) is 6.03 Å². The van der Waals surface area contributed by atoms with Gasteiger partial charge in [0.1, 0.15) is 0 Å². The zero-order valence-corrected chi connectivity index (χ0v) is 18.6. The van der Waals surface area contributed by atoms with E-state index in [0.29, 0.717) is 24.0 Å². The Labute approximate surface area is 191 Å². The molecule has 2 N–H and O–H groups in total. The number of rotatable bonds is 3. The SMILES string of the molecule is Cc1cc(-c2c(C3CCN(C(N)=O)CC3)c3ccncc3n2-c2ccc(Cl)cc2)ccn1. The van der Waals surface area contributed by atoms with Gasteiger partial charge in [0.25, 0.3) is 0 Å². The van der Waals surface area contributed by atoms with Crippen molar-refractivity contribution in [2.45, 2.75) is 25.7 Å². The van der Waals surface area contributed by atoms with E-state index in [0.717, 1.165) is 41.0 Å². The lowest BCUT2D eigenvalue weighted by Crippen LogP contribution is -2.41. The lowest BCUT2D eigenvalue weighted by Gasteiger charge is -2.31. The van der Waals surface area contributed by atoms with Crippen molar-refractivity contribution in [3.63, 3.8) is 0 Å². The number of carbonyl (C=O) groups excluding carboxylic acids is 1. The topological polar surface area (TPSA) is 77.0 Å². The summed E-state index contributed by atoms with van der Waals surface area (Å²) in [7, 11) is 0. The Morgan fingerprint density at radius 2 is 1.84 bits per heavy atom. The molecule has 4 aromatic rings. The average Bonchev–Trinajstić information content (AvgIpc) is 3.15. The van der Waals surface area contributed by atoms with Crippen LogP contribution in [0.2, 0.25) is 5.02 Å². The normalized spacial score (nSPS) is 14.8. The Balaban J connectivity index is 1.77. The van der Waals surface area contributed by atoms with Gasteiger partial charge in [-0.2, -0.15) is 0 Å². The molecule has 5 rings (SSSR count). The zero-order valence-electron chi connectivity index (χ0n) is 17.8. The maximum atomic E-state index is 11.7. The molecule has 1 aliphatic heterocycles. The van der Waals surface area contributed by atoms with Gasteiger partial charge in [-0.05, 0) is 73.7 Å². The molecule has 1 aliphatic rings. The van der Waals surface area contributed by atoms with Crippen molar-refractivity contribution in [2.75, 3.05) is 13.1 Å². The van der Waals surface area contributed by atoms with Crippen molar-refractivity contribution in [1.29, 1.82) is 0 Å². The van der Waals surface area contributed by atoms with Gasteiger partial charge in [-0.25, -0.2) is 4.79 Å². The lowest BCUT2D eigenvalue weighted by atomic mass is 9.86. The van der Waals surface area contributed by atoms with E-state index in [2.05, 4.69) is 32.7 Å². The van der Waals surface area contributed by atoms with Gasteiger partial charge < -0.3 is 15.2 Å². The van der Waals surface area contributed by atoms with Crippen LogP contribution < -0.4 is 5.73 Å². The van der Waals surface area contributed by atoms with E-state index >= 15 is 0 Å². The summed E-state index contributed by atoms with van der Waals surface area (Å²) in [6, 6.07) is 13.8. The third kappa shape index (κ3) is 3.60. The van der Waals surface area contributed by atoms with Crippen molar-refractivity contribution >= 4 is 28.5 Å². The van der Waals surface area contributed by atoms with Crippen molar-refractivity contribution in [2.24, 2.45) is 5.73 Å². The minimum atomic E-state index is -0.346. The smallest absolute Gasteiger partial charge is 0.314 e. The minimum Gasteiger partial charge on any atom is -0.351 e. The van der Waals surface area contributed by atoms with Crippen LogP contribution in [0.25, 0.3) is 27.8 Å². The summed E-state index contributed by atoms with van der Waals surface area (Å²) in [5.74, 6) is 0.299. The van der Waals surface area contributed by atoms with Crippen LogP contribution in [0.15, 0.2) is 61.1 Å². The fraction of sp³-hybridized carbons (Fsp3) is 0.240. The van der Waals surface area contributed by atoms with Crippen molar-refractivity contribution in [1.82, 2.24) is 19.4 Å². The Bertz CT molecular complexity index is 1290. The summed E-state index contributed by atoms with van der Waals surface area (Å²) in [5, 5.41) is 1.88. The predicted molar refractivity (Wildman–Crippen MR) is 127 cm³/mol. The van der Waals surface area contributed by atoms with Gasteiger partial charge in [-0.1, -0.05) is 11.6 Å². The Morgan fingerprint density at radius 1 is 1.09 bits per heavy atom. The minimum absolute atomic E-state index is 0.299. The molecule has 3 aromatic heterocycles. The van der Waals surface area contributed by atoms with Crippen molar-refractivity contribution in [3.05, 3.63) is 77.3 Å². The lowest BCUT2D eigenvalue weighted by molar-refractivity contribution is 0.191. The number of aromatic nitrogens is 3. The van der Waals surface area contributed by atoms with Crippen LogP contribution in [-0.4, -0.2) is 38.6 Å². The summed E-state index contributed by atoms with van der Waals surface area (Å²) >= 11 is 6.19. The number of urea groups is 1. The quantitative estimate of drug-likeness (QED) is 0.464. The number of amides is 2. The molecule has 1 fully saturated rings. The summed E-state index contributed by atoms with van der Waals surface area (Å²) in [6.45, 7) is 3.33. The summed E-state index contributed by atoms with van der Waals surface area (Å²) < 4.78 is 2.27. The zero-order chi connectivity index (χ0) is 22.2. The second-order valence-corrected chi connectivity index (χ2v) is 8.69. The van der Waals surface area contributed by atoms with Crippen LogP contribution in [0.4, 0.5) is 4.79 Å². The number of pyridine rings is 2. The number of nitrogens with two attached hydrogens (primary N) is 1. The molecule has 4 heterocycles. The number of piperidine rings is 1. The fourth-order valence-corrected chi connectivity index (χ4v) is 4.92. The second-order valence-electron chi connectivity index (χ2n) is 8.25. The first-order valence-corrected chi connectivity index (χ1v) is 11.1. The molecule has 0 atom stereocenters. The highest BCUT2D eigenvalue weighted by molar-refractivity contribution is 6.30. The molecule has 6 nitrogen and oxygen atoms in total. The molecule has 162 valence electrons. The number of halogens is 1. The van der Waals surface area contributed by atoms with Crippen LogP contribution in [-0.2, 0) is 0 Å². The number of aryl methyl sites for hydroxylation is 1. The highest BCUT2D eigenvalue weighted by atomic mass is 35.5.